The number of carboxylic acids is 1. The summed E-state index contributed by atoms with van der Waals surface area (Å²) in [6.45, 7) is -0.332. The molecule has 2 aromatic rings. The van der Waals surface area contributed by atoms with E-state index < -0.39 is 17.8 Å². The second-order valence-electron chi connectivity index (χ2n) is 5.93. The van der Waals surface area contributed by atoms with Crippen LogP contribution in [-0.4, -0.2) is 40.7 Å². The molecular formula is C20H15N2O5S2-. The molecule has 1 fully saturated rings. The maximum atomic E-state index is 12.7. The van der Waals surface area contributed by atoms with Crippen LogP contribution in [0.1, 0.15) is 15.9 Å². The van der Waals surface area contributed by atoms with Crippen molar-refractivity contribution in [3.63, 3.8) is 0 Å². The van der Waals surface area contributed by atoms with Crippen molar-refractivity contribution >= 4 is 57.8 Å². The molecule has 0 radical (unpaired) electrons. The van der Waals surface area contributed by atoms with E-state index in [2.05, 4.69) is 5.32 Å². The van der Waals surface area contributed by atoms with Crippen LogP contribution >= 0.6 is 24.0 Å². The lowest BCUT2D eigenvalue weighted by Crippen LogP contribution is -2.36. The number of thioether (sulfide) groups is 1. The number of aromatic carboxylic acids is 1. The van der Waals surface area contributed by atoms with Crippen molar-refractivity contribution < 1.29 is 24.2 Å². The van der Waals surface area contributed by atoms with Crippen molar-refractivity contribution in [2.45, 2.75) is 0 Å². The number of nitrogens with zero attached hydrogens (tertiary/aromatic N) is 1. The van der Waals surface area contributed by atoms with E-state index in [0.717, 1.165) is 17.3 Å². The fraction of sp³-hybridized carbons (Fsp3) is 0.100. The molecule has 0 atom stereocenters. The van der Waals surface area contributed by atoms with Gasteiger partial charge in [0.2, 0.25) is 5.91 Å². The lowest BCUT2D eigenvalue weighted by Gasteiger charge is -2.16. The van der Waals surface area contributed by atoms with Gasteiger partial charge in [0.15, 0.2) is 0 Å². The summed E-state index contributed by atoms with van der Waals surface area (Å²) >= 11 is 6.32. The first-order chi connectivity index (χ1) is 13.9. The molecule has 0 aromatic heterocycles. The number of carboxylic acid groups (broad SMARTS) is 1. The summed E-state index contributed by atoms with van der Waals surface area (Å²) in [6.07, 6.45) is 1.67. The maximum Gasteiger partial charge on any atom is 0.266 e. The average molecular weight is 427 g/mol. The van der Waals surface area contributed by atoms with Gasteiger partial charge < -0.3 is 20.0 Å². The lowest BCUT2D eigenvalue weighted by molar-refractivity contribution is -0.254. The third-order valence-electron chi connectivity index (χ3n) is 3.99. The molecule has 0 bridgehead atoms. The zero-order valence-electron chi connectivity index (χ0n) is 15.2. The standard InChI is InChI=1S/C20H16N2O5S2/c1-27-13-6-4-5-12(9-13)10-16-18(24)22(20(28)29-16)11-17(23)21-15-8-3-2-7-14(15)19(25)26/h2-10H,11H2,1H3,(H,21,23)(H,25,26)/p-1/b16-10+. The van der Waals surface area contributed by atoms with Crippen LogP contribution in [0.15, 0.2) is 53.4 Å². The Labute approximate surface area is 176 Å². The summed E-state index contributed by atoms with van der Waals surface area (Å²) < 4.78 is 5.41. The van der Waals surface area contributed by atoms with Gasteiger partial charge in [-0.2, -0.15) is 0 Å². The number of amides is 2. The van der Waals surface area contributed by atoms with E-state index in [9.17, 15) is 19.5 Å². The topological polar surface area (TPSA) is 98.8 Å². The molecule has 1 heterocycles. The highest BCUT2D eigenvalue weighted by Crippen LogP contribution is 2.33. The molecule has 1 aliphatic rings. The van der Waals surface area contributed by atoms with Gasteiger partial charge in [0.05, 0.1) is 18.0 Å². The number of thiocarbonyl (C=S) groups is 1. The van der Waals surface area contributed by atoms with Crippen molar-refractivity contribution in [2.24, 2.45) is 0 Å². The van der Waals surface area contributed by atoms with Gasteiger partial charge in [0, 0.05) is 11.3 Å². The van der Waals surface area contributed by atoms with Crippen molar-refractivity contribution in [2.75, 3.05) is 19.0 Å². The van der Waals surface area contributed by atoms with Gasteiger partial charge in [-0.1, -0.05) is 54.3 Å². The van der Waals surface area contributed by atoms with Crippen molar-refractivity contribution in [3.05, 3.63) is 64.6 Å². The fourth-order valence-corrected chi connectivity index (χ4v) is 3.88. The Morgan fingerprint density at radius 1 is 1.24 bits per heavy atom. The van der Waals surface area contributed by atoms with Crippen LogP contribution in [-0.2, 0) is 9.59 Å². The Bertz CT molecular complexity index is 1040. The van der Waals surface area contributed by atoms with Crippen LogP contribution in [0, 0.1) is 0 Å². The first kappa shape index (κ1) is 20.6. The van der Waals surface area contributed by atoms with E-state index >= 15 is 0 Å². The highest BCUT2D eigenvalue weighted by atomic mass is 32.2. The molecule has 0 aliphatic carbocycles. The molecule has 0 unspecified atom stereocenters. The van der Waals surface area contributed by atoms with E-state index in [0.29, 0.717) is 10.7 Å². The van der Waals surface area contributed by atoms with Crippen molar-refractivity contribution in [1.82, 2.24) is 4.90 Å². The van der Waals surface area contributed by atoms with E-state index in [1.165, 1.54) is 23.1 Å². The first-order valence-electron chi connectivity index (χ1n) is 8.38. The number of anilines is 1. The summed E-state index contributed by atoms with van der Waals surface area (Å²) in [5.41, 5.74) is 0.705. The maximum absolute atomic E-state index is 12.7. The van der Waals surface area contributed by atoms with Gasteiger partial charge in [-0.05, 0) is 29.8 Å². The van der Waals surface area contributed by atoms with Gasteiger partial charge in [0.25, 0.3) is 5.91 Å². The van der Waals surface area contributed by atoms with Crippen LogP contribution < -0.4 is 15.2 Å². The second kappa shape index (κ2) is 8.89. The summed E-state index contributed by atoms with van der Waals surface area (Å²) in [5.74, 6) is -1.73. The molecule has 1 N–H and O–H groups in total. The predicted molar refractivity (Wildman–Crippen MR) is 112 cm³/mol. The van der Waals surface area contributed by atoms with Gasteiger partial charge in [-0.25, -0.2) is 0 Å². The Kier molecular flexibility index (Phi) is 6.30. The number of nitrogens with one attached hydrogen (secondary N) is 1. The highest BCUT2D eigenvalue weighted by molar-refractivity contribution is 8.26. The molecule has 0 spiro atoms. The quantitative estimate of drug-likeness (QED) is 0.555. The zero-order valence-corrected chi connectivity index (χ0v) is 16.8. The minimum absolute atomic E-state index is 0.0925. The summed E-state index contributed by atoms with van der Waals surface area (Å²) in [7, 11) is 1.55. The molecule has 3 rings (SSSR count). The molecule has 1 saturated heterocycles. The summed E-state index contributed by atoms with van der Waals surface area (Å²) in [4.78, 5) is 37.7. The third kappa shape index (κ3) is 4.82. The van der Waals surface area contributed by atoms with E-state index in [1.54, 1.807) is 37.5 Å². The minimum atomic E-state index is -1.41. The van der Waals surface area contributed by atoms with Gasteiger partial charge in [-0.15, -0.1) is 0 Å². The number of carbonyl (C=O) groups is 3. The smallest absolute Gasteiger partial charge is 0.266 e. The number of methoxy groups -OCH3 is 1. The molecule has 148 valence electrons. The van der Waals surface area contributed by atoms with Gasteiger partial charge >= 0.3 is 0 Å². The Morgan fingerprint density at radius 2 is 2.00 bits per heavy atom. The summed E-state index contributed by atoms with van der Waals surface area (Å²) in [6, 6.07) is 13.0. The monoisotopic (exact) mass is 427 g/mol. The molecule has 1 aliphatic heterocycles. The molecule has 2 amide bonds. The molecule has 2 aromatic carbocycles. The van der Waals surface area contributed by atoms with Gasteiger partial charge in [-0.3, -0.25) is 14.5 Å². The largest absolute Gasteiger partial charge is 0.545 e. The van der Waals surface area contributed by atoms with Crippen LogP contribution in [0.25, 0.3) is 6.08 Å². The summed E-state index contributed by atoms with van der Waals surface area (Å²) in [5, 5.41) is 13.6. The van der Waals surface area contributed by atoms with Gasteiger partial charge in [0.1, 0.15) is 16.6 Å². The van der Waals surface area contributed by atoms with E-state index in [-0.39, 0.29) is 22.1 Å². The van der Waals surface area contributed by atoms with E-state index in [1.807, 2.05) is 6.07 Å². The molecule has 0 saturated carbocycles. The Hall–Kier alpha value is -3.17. The van der Waals surface area contributed by atoms with Crippen LogP contribution in [0.3, 0.4) is 0 Å². The fourth-order valence-electron chi connectivity index (χ4n) is 2.62. The van der Waals surface area contributed by atoms with E-state index in [4.69, 9.17) is 17.0 Å². The molecule has 29 heavy (non-hydrogen) atoms. The predicted octanol–water partition coefficient (Wildman–Crippen LogP) is 1.90. The van der Waals surface area contributed by atoms with Crippen molar-refractivity contribution in [3.8, 4) is 5.75 Å². The second-order valence-corrected chi connectivity index (χ2v) is 7.60. The number of carbonyl (C=O) groups excluding carboxylic acids is 3. The number of hydrogen-bond acceptors (Lipinski definition) is 7. The number of para-hydroxylation sites is 1. The Morgan fingerprint density at radius 3 is 2.72 bits per heavy atom. The minimum Gasteiger partial charge on any atom is -0.545 e. The van der Waals surface area contributed by atoms with Crippen molar-refractivity contribution in [1.29, 1.82) is 0 Å². The van der Waals surface area contributed by atoms with Crippen LogP contribution in [0.5, 0.6) is 5.75 Å². The average Bonchev–Trinajstić information content (AvgIpc) is 2.95. The Balaban J connectivity index is 1.72. The highest BCUT2D eigenvalue weighted by Gasteiger charge is 2.33. The lowest BCUT2D eigenvalue weighted by atomic mass is 10.2. The SMILES string of the molecule is COc1cccc(/C=C2/SC(=S)N(CC(=O)Nc3ccccc3C(=O)[O-])C2=O)c1. The third-order valence-corrected chi connectivity index (χ3v) is 5.37. The number of ether oxygens (including phenoxy) is 1. The number of rotatable bonds is 6. The molecular weight excluding hydrogens is 412 g/mol. The first-order valence-corrected chi connectivity index (χ1v) is 9.61. The molecule has 7 nitrogen and oxygen atoms in total. The zero-order chi connectivity index (χ0) is 21.0. The van der Waals surface area contributed by atoms with Crippen LogP contribution in [0.4, 0.5) is 5.69 Å². The van der Waals surface area contributed by atoms with Crippen LogP contribution in [0.2, 0.25) is 0 Å². The number of hydrogen-bond donors (Lipinski definition) is 1. The normalized spacial score (nSPS) is 14.9. The molecule has 9 heteroatoms. The number of benzene rings is 2.